The fourth-order valence-electron chi connectivity index (χ4n) is 4.15. The topological polar surface area (TPSA) is 133 Å². The third kappa shape index (κ3) is 3.97. The van der Waals surface area contributed by atoms with Crippen LogP contribution >= 0.6 is 0 Å². The third-order valence-corrected chi connectivity index (χ3v) is 5.89. The minimum atomic E-state index is -1.05. The van der Waals surface area contributed by atoms with Gasteiger partial charge in [-0.2, -0.15) is 0 Å². The minimum absolute atomic E-state index is 0.128. The van der Waals surface area contributed by atoms with Gasteiger partial charge in [0.25, 0.3) is 0 Å². The van der Waals surface area contributed by atoms with E-state index in [1.807, 2.05) is 0 Å². The van der Waals surface area contributed by atoms with E-state index in [-0.39, 0.29) is 44.9 Å². The first-order chi connectivity index (χ1) is 17.3. The third-order valence-electron chi connectivity index (χ3n) is 5.89. The Bertz CT molecular complexity index is 1440. The highest BCUT2D eigenvalue weighted by Gasteiger charge is 2.33. The Balaban J connectivity index is 1.53. The molecule has 5 rings (SSSR count). The van der Waals surface area contributed by atoms with Crippen LogP contribution in [-0.2, 0) is 0 Å². The highest BCUT2D eigenvalue weighted by molar-refractivity contribution is 6.32. The highest BCUT2D eigenvalue weighted by Crippen LogP contribution is 2.37. The van der Waals surface area contributed by atoms with Crippen LogP contribution < -0.4 is 10.6 Å². The van der Waals surface area contributed by atoms with Crippen LogP contribution in [0.25, 0.3) is 0 Å². The van der Waals surface area contributed by atoms with E-state index in [0.29, 0.717) is 22.7 Å². The maximum absolute atomic E-state index is 13.8. The van der Waals surface area contributed by atoms with Gasteiger partial charge in [0.05, 0.1) is 33.6 Å². The van der Waals surface area contributed by atoms with E-state index >= 15 is 0 Å². The smallest absolute Gasteiger partial charge is 0.335 e. The second-order valence-corrected chi connectivity index (χ2v) is 8.13. The van der Waals surface area contributed by atoms with E-state index in [9.17, 15) is 19.2 Å². The number of aromatic carboxylic acids is 2. The van der Waals surface area contributed by atoms with Crippen LogP contribution in [0.2, 0.25) is 0 Å². The maximum Gasteiger partial charge on any atom is 0.335 e. The molecule has 8 nitrogen and oxygen atoms in total. The molecule has 176 valence electrons. The fourth-order valence-corrected chi connectivity index (χ4v) is 4.15. The normalized spacial score (nSPS) is 11.9. The summed E-state index contributed by atoms with van der Waals surface area (Å²) in [4.78, 5) is 49.4. The summed E-state index contributed by atoms with van der Waals surface area (Å²) >= 11 is 0. The molecule has 0 bridgehead atoms. The molecule has 0 spiro atoms. The molecule has 36 heavy (non-hydrogen) atoms. The lowest BCUT2D eigenvalue weighted by atomic mass is 9.82. The van der Waals surface area contributed by atoms with Crippen molar-refractivity contribution in [3.63, 3.8) is 0 Å². The number of carboxylic acids is 2. The molecule has 8 heteroatoms. The van der Waals surface area contributed by atoms with Crippen molar-refractivity contribution in [1.29, 1.82) is 0 Å². The summed E-state index contributed by atoms with van der Waals surface area (Å²) in [6, 6.07) is 22.0. The van der Waals surface area contributed by atoms with Gasteiger partial charge in [-0.1, -0.05) is 24.3 Å². The zero-order chi connectivity index (χ0) is 25.4. The number of nitrogens with one attached hydrogen (secondary N) is 2. The number of ketones is 2. The lowest BCUT2D eigenvalue weighted by molar-refractivity contribution is 0.0686. The van der Waals surface area contributed by atoms with Gasteiger partial charge in [-0.05, 0) is 60.7 Å². The van der Waals surface area contributed by atoms with E-state index < -0.39 is 11.9 Å². The summed E-state index contributed by atoms with van der Waals surface area (Å²) in [7, 11) is 0. The van der Waals surface area contributed by atoms with Gasteiger partial charge in [0, 0.05) is 22.5 Å². The van der Waals surface area contributed by atoms with E-state index in [2.05, 4.69) is 10.6 Å². The monoisotopic (exact) mass is 478 g/mol. The van der Waals surface area contributed by atoms with E-state index in [1.165, 1.54) is 24.3 Å². The summed E-state index contributed by atoms with van der Waals surface area (Å²) in [5.41, 5.74) is 3.17. The number of hydrogen-bond donors (Lipinski definition) is 4. The van der Waals surface area contributed by atoms with Gasteiger partial charge in [0.1, 0.15) is 0 Å². The fraction of sp³-hybridized carbons (Fsp3) is 0. The van der Waals surface area contributed by atoms with Crippen molar-refractivity contribution in [3.05, 3.63) is 118 Å². The first-order valence-corrected chi connectivity index (χ1v) is 10.9. The molecule has 0 unspecified atom stereocenters. The van der Waals surface area contributed by atoms with Crippen LogP contribution in [0.4, 0.5) is 22.7 Å². The van der Waals surface area contributed by atoms with Gasteiger partial charge < -0.3 is 20.8 Å². The number of carbonyl (C=O) groups excluding carboxylic acids is 2. The van der Waals surface area contributed by atoms with Crippen molar-refractivity contribution in [2.24, 2.45) is 0 Å². The van der Waals surface area contributed by atoms with Gasteiger partial charge >= 0.3 is 11.9 Å². The van der Waals surface area contributed by atoms with Crippen LogP contribution in [-0.4, -0.2) is 33.7 Å². The van der Waals surface area contributed by atoms with Gasteiger partial charge in [-0.15, -0.1) is 0 Å². The SMILES string of the molecule is O=C(O)c1ccc(Nc2cccc3c2C(=O)c2c(Nc4ccc(C(=O)O)cc4)cccc2C3=O)cc1. The van der Waals surface area contributed by atoms with Crippen molar-refractivity contribution in [3.8, 4) is 0 Å². The zero-order valence-corrected chi connectivity index (χ0v) is 18.6. The van der Waals surface area contributed by atoms with Crippen LogP contribution in [0.15, 0.2) is 84.9 Å². The number of fused-ring (bicyclic) bond motifs is 2. The molecule has 0 heterocycles. The molecule has 4 aromatic carbocycles. The molecule has 4 N–H and O–H groups in total. The summed E-state index contributed by atoms with van der Waals surface area (Å²) in [5.74, 6) is -2.74. The molecule has 1 aliphatic carbocycles. The highest BCUT2D eigenvalue weighted by atomic mass is 16.4. The van der Waals surface area contributed by atoms with Crippen LogP contribution in [0.5, 0.6) is 0 Å². The summed E-state index contributed by atoms with van der Waals surface area (Å²) in [5, 5.41) is 24.5. The molecule has 0 amide bonds. The largest absolute Gasteiger partial charge is 0.478 e. The van der Waals surface area contributed by atoms with Crippen LogP contribution in [0.3, 0.4) is 0 Å². The van der Waals surface area contributed by atoms with Gasteiger partial charge in [-0.25, -0.2) is 9.59 Å². The number of anilines is 4. The molecule has 1 aliphatic rings. The number of carboxylic acid groups (broad SMARTS) is 2. The number of benzene rings is 4. The van der Waals surface area contributed by atoms with Crippen molar-refractivity contribution < 1.29 is 29.4 Å². The molecule has 0 saturated heterocycles. The molecule has 0 aliphatic heterocycles. The van der Waals surface area contributed by atoms with Gasteiger partial charge in [0.15, 0.2) is 11.6 Å². The average molecular weight is 478 g/mol. The zero-order valence-electron chi connectivity index (χ0n) is 18.6. The molecular formula is C28H18N2O6. The molecular weight excluding hydrogens is 460 g/mol. The van der Waals surface area contributed by atoms with E-state index in [0.717, 1.165) is 0 Å². The Labute approximate surface area is 204 Å². The van der Waals surface area contributed by atoms with Gasteiger partial charge in [-0.3, -0.25) is 9.59 Å². The number of hydrogen-bond acceptors (Lipinski definition) is 6. The Hall–Kier alpha value is -5.24. The lowest BCUT2D eigenvalue weighted by Gasteiger charge is -2.23. The predicted octanol–water partition coefficient (Wildman–Crippen LogP) is 5.35. The summed E-state index contributed by atoms with van der Waals surface area (Å²) < 4.78 is 0. The van der Waals surface area contributed by atoms with Crippen LogP contribution in [0, 0.1) is 0 Å². The van der Waals surface area contributed by atoms with Crippen molar-refractivity contribution >= 4 is 46.3 Å². The Morgan fingerprint density at radius 1 is 0.528 bits per heavy atom. The Morgan fingerprint density at radius 3 is 1.28 bits per heavy atom. The quantitative estimate of drug-likeness (QED) is 0.257. The van der Waals surface area contributed by atoms with E-state index in [4.69, 9.17) is 10.2 Å². The molecule has 4 aromatic rings. The van der Waals surface area contributed by atoms with E-state index in [1.54, 1.807) is 60.7 Å². The van der Waals surface area contributed by atoms with Crippen molar-refractivity contribution in [2.75, 3.05) is 10.6 Å². The molecule has 0 atom stereocenters. The molecule has 0 saturated carbocycles. The first-order valence-electron chi connectivity index (χ1n) is 10.9. The Kier molecular flexibility index (Phi) is 5.54. The minimum Gasteiger partial charge on any atom is -0.478 e. The Morgan fingerprint density at radius 2 is 0.917 bits per heavy atom. The summed E-state index contributed by atoms with van der Waals surface area (Å²) in [6.07, 6.45) is 0. The first kappa shape index (κ1) is 22.5. The average Bonchev–Trinajstić information content (AvgIpc) is 2.88. The number of carbonyl (C=O) groups is 4. The predicted molar refractivity (Wildman–Crippen MR) is 133 cm³/mol. The molecule has 0 radical (unpaired) electrons. The molecule has 0 fully saturated rings. The second kappa shape index (κ2) is 8.84. The van der Waals surface area contributed by atoms with Gasteiger partial charge in [0.2, 0.25) is 0 Å². The van der Waals surface area contributed by atoms with Crippen molar-refractivity contribution in [2.45, 2.75) is 0 Å². The maximum atomic E-state index is 13.8. The second-order valence-electron chi connectivity index (χ2n) is 8.13. The summed E-state index contributed by atoms with van der Waals surface area (Å²) in [6.45, 7) is 0. The number of rotatable bonds is 6. The van der Waals surface area contributed by atoms with Crippen molar-refractivity contribution in [1.82, 2.24) is 0 Å². The van der Waals surface area contributed by atoms with Crippen LogP contribution in [0.1, 0.15) is 52.6 Å². The molecule has 0 aromatic heterocycles. The lowest BCUT2D eigenvalue weighted by Crippen LogP contribution is -2.23. The standard InChI is InChI=1S/C28H18N2O6/c31-25-19-3-1-5-21(29-17-11-7-15(8-12-17)27(33)34)23(19)26(32)24-20(25)4-2-6-22(24)30-18-13-9-16(10-14-18)28(35)36/h1-14,29-30H,(H,33,34)(H,35,36).